The number of amides is 1. The third-order valence-electron chi connectivity index (χ3n) is 5.27. The summed E-state index contributed by atoms with van der Waals surface area (Å²) in [5, 5.41) is 2.95. The summed E-state index contributed by atoms with van der Waals surface area (Å²) in [6.07, 6.45) is 0. The van der Waals surface area contributed by atoms with Crippen molar-refractivity contribution < 1.29 is 13.2 Å². The van der Waals surface area contributed by atoms with E-state index < -0.39 is 10.0 Å². The van der Waals surface area contributed by atoms with Crippen LogP contribution in [0.1, 0.15) is 35.2 Å². The van der Waals surface area contributed by atoms with Crippen molar-refractivity contribution in [3.8, 4) is 0 Å². The molecule has 0 spiro atoms. The summed E-state index contributed by atoms with van der Waals surface area (Å²) in [7, 11) is -3.91. The predicted molar refractivity (Wildman–Crippen MR) is 125 cm³/mol. The van der Waals surface area contributed by atoms with Gasteiger partial charge in [0.1, 0.15) is 6.54 Å². The third kappa shape index (κ3) is 5.14. The predicted octanol–water partition coefficient (Wildman–Crippen LogP) is 4.68. The Morgan fingerprint density at radius 1 is 0.903 bits per heavy atom. The zero-order valence-corrected chi connectivity index (χ0v) is 19.1. The molecule has 1 amide bonds. The van der Waals surface area contributed by atoms with Crippen LogP contribution in [0.2, 0.25) is 0 Å². The third-order valence-corrected chi connectivity index (χ3v) is 7.05. The van der Waals surface area contributed by atoms with Crippen molar-refractivity contribution in [2.24, 2.45) is 0 Å². The van der Waals surface area contributed by atoms with E-state index in [2.05, 4.69) is 11.4 Å². The minimum Gasteiger partial charge on any atom is -0.348 e. The molecule has 3 aromatic rings. The molecule has 3 aromatic carbocycles. The molecule has 0 fully saturated rings. The minimum atomic E-state index is -3.91. The van der Waals surface area contributed by atoms with Crippen LogP contribution in [0.3, 0.4) is 0 Å². The van der Waals surface area contributed by atoms with Gasteiger partial charge in [-0.15, -0.1) is 0 Å². The van der Waals surface area contributed by atoms with Crippen LogP contribution >= 0.6 is 0 Å². The van der Waals surface area contributed by atoms with Gasteiger partial charge in [0.2, 0.25) is 5.91 Å². The Hall–Kier alpha value is -3.12. The number of nitrogens with one attached hydrogen (secondary N) is 1. The number of carbonyl (C=O) groups excluding carboxylic acids is 1. The molecule has 0 bridgehead atoms. The highest BCUT2D eigenvalue weighted by Gasteiger charge is 2.28. The Morgan fingerprint density at radius 3 is 2.19 bits per heavy atom. The summed E-state index contributed by atoms with van der Waals surface area (Å²) < 4.78 is 28.0. The summed E-state index contributed by atoms with van der Waals surface area (Å²) in [6.45, 7) is 7.45. The molecule has 0 aliphatic rings. The number of sulfonamides is 1. The highest BCUT2D eigenvalue weighted by Crippen LogP contribution is 2.27. The zero-order valence-electron chi connectivity index (χ0n) is 18.3. The number of anilines is 1. The Kier molecular flexibility index (Phi) is 6.81. The van der Waals surface area contributed by atoms with E-state index >= 15 is 0 Å². The van der Waals surface area contributed by atoms with Gasteiger partial charge in [0.05, 0.1) is 16.6 Å². The number of rotatable bonds is 7. The van der Waals surface area contributed by atoms with Crippen molar-refractivity contribution in [2.45, 2.75) is 38.6 Å². The van der Waals surface area contributed by atoms with E-state index in [0.717, 1.165) is 22.3 Å². The van der Waals surface area contributed by atoms with E-state index in [1.165, 1.54) is 16.4 Å². The summed E-state index contributed by atoms with van der Waals surface area (Å²) in [5.74, 6) is -0.366. The first-order valence-electron chi connectivity index (χ1n) is 10.2. The molecule has 3 rings (SSSR count). The van der Waals surface area contributed by atoms with Crippen LogP contribution in [0.15, 0.2) is 77.7 Å². The van der Waals surface area contributed by atoms with Crippen molar-refractivity contribution >= 4 is 21.6 Å². The fourth-order valence-electron chi connectivity index (χ4n) is 3.67. The lowest BCUT2D eigenvalue weighted by Crippen LogP contribution is -2.42. The van der Waals surface area contributed by atoms with Gasteiger partial charge in [-0.3, -0.25) is 9.10 Å². The Labute approximate surface area is 184 Å². The molecule has 1 atom stereocenters. The summed E-state index contributed by atoms with van der Waals surface area (Å²) in [4.78, 5) is 13.1. The van der Waals surface area contributed by atoms with Gasteiger partial charge in [0, 0.05) is 0 Å². The molecule has 0 aliphatic heterocycles. The summed E-state index contributed by atoms with van der Waals surface area (Å²) in [5.41, 5.74) is 4.50. The average molecular weight is 437 g/mol. The molecule has 0 saturated heterocycles. The first kappa shape index (κ1) is 22.6. The normalized spacial score (nSPS) is 12.3. The van der Waals surface area contributed by atoms with Gasteiger partial charge in [-0.05, 0) is 62.6 Å². The Bertz CT molecular complexity index is 1170. The molecular formula is C25H28N2O3S. The highest BCUT2D eigenvalue weighted by molar-refractivity contribution is 7.92. The lowest BCUT2D eigenvalue weighted by atomic mass is 10.0. The standard InChI is InChI=1S/C25H28N2O3S/c1-18-14-15-23(20(3)16-18)21(4)26-25(28)17-27(24-13-9-8-10-19(24)2)31(29,30)22-11-6-5-7-12-22/h5-16,21H,17H2,1-4H3,(H,26,28). The van der Waals surface area contributed by atoms with Gasteiger partial charge >= 0.3 is 0 Å². The van der Waals surface area contributed by atoms with Crippen LogP contribution in [-0.2, 0) is 14.8 Å². The van der Waals surface area contributed by atoms with Crippen LogP contribution < -0.4 is 9.62 Å². The molecule has 31 heavy (non-hydrogen) atoms. The van der Waals surface area contributed by atoms with Crippen molar-refractivity contribution in [1.29, 1.82) is 0 Å². The maximum atomic E-state index is 13.4. The number of nitrogens with zero attached hydrogens (tertiary/aromatic N) is 1. The number of aryl methyl sites for hydroxylation is 3. The zero-order chi connectivity index (χ0) is 22.6. The molecule has 6 heteroatoms. The van der Waals surface area contributed by atoms with Gasteiger partial charge < -0.3 is 5.32 Å². The van der Waals surface area contributed by atoms with Crippen LogP contribution in [0.5, 0.6) is 0 Å². The highest BCUT2D eigenvalue weighted by atomic mass is 32.2. The van der Waals surface area contributed by atoms with E-state index in [9.17, 15) is 13.2 Å². The van der Waals surface area contributed by atoms with Gasteiger partial charge in [0.25, 0.3) is 10.0 Å². The Balaban J connectivity index is 1.90. The van der Waals surface area contributed by atoms with E-state index in [1.807, 2.05) is 52.0 Å². The first-order chi connectivity index (χ1) is 14.7. The molecule has 0 saturated carbocycles. The summed E-state index contributed by atoms with van der Waals surface area (Å²) >= 11 is 0. The van der Waals surface area contributed by atoms with E-state index in [0.29, 0.717) is 5.69 Å². The smallest absolute Gasteiger partial charge is 0.264 e. The maximum absolute atomic E-state index is 13.4. The van der Waals surface area contributed by atoms with Gasteiger partial charge in [-0.1, -0.05) is 60.2 Å². The fourth-order valence-corrected chi connectivity index (χ4v) is 5.18. The number of hydrogen-bond donors (Lipinski definition) is 1. The number of benzene rings is 3. The first-order valence-corrected chi connectivity index (χ1v) is 11.6. The number of carbonyl (C=O) groups is 1. The molecule has 0 aliphatic carbocycles. The molecule has 0 heterocycles. The molecular weight excluding hydrogens is 408 g/mol. The van der Waals surface area contributed by atoms with Gasteiger partial charge in [-0.25, -0.2) is 8.42 Å². The topological polar surface area (TPSA) is 66.5 Å². The van der Waals surface area contributed by atoms with Crippen LogP contribution in [0.25, 0.3) is 0 Å². The second kappa shape index (κ2) is 9.35. The van der Waals surface area contributed by atoms with Crippen molar-refractivity contribution in [3.63, 3.8) is 0 Å². The molecule has 1 N–H and O–H groups in total. The molecule has 0 radical (unpaired) electrons. The number of hydrogen-bond acceptors (Lipinski definition) is 3. The van der Waals surface area contributed by atoms with Crippen molar-refractivity contribution in [1.82, 2.24) is 5.32 Å². The summed E-state index contributed by atoms with van der Waals surface area (Å²) in [6, 6.07) is 21.2. The molecule has 5 nitrogen and oxygen atoms in total. The van der Waals surface area contributed by atoms with E-state index in [4.69, 9.17) is 0 Å². The fraction of sp³-hybridized carbons (Fsp3) is 0.240. The van der Waals surface area contributed by atoms with Gasteiger partial charge in [-0.2, -0.15) is 0 Å². The monoisotopic (exact) mass is 436 g/mol. The lowest BCUT2D eigenvalue weighted by Gasteiger charge is -2.26. The van der Waals surface area contributed by atoms with Crippen molar-refractivity contribution in [2.75, 3.05) is 10.8 Å². The SMILES string of the molecule is Cc1ccc(C(C)NC(=O)CN(c2ccccc2C)S(=O)(=O)c2ccccc2)c(C)c1. The van der Waals surface area contributed by atoms with E-state index in [-0.39, 0.29) is 23.4 Å². The van der Waals surface area contributed by atoms with Crippen LogP contribution in [0, 0.1) is 20.8 Å². The Morgan fingerprint density at radius 2 is 1.55 bits per heavy atom. The lowest BCUT2D eigenvalue weighted by molar-refractivity contribution is -0.120. The minimum absolute atomic E-state index is 0.147. The maximum Gasteiger partial charge on any atom is 0.264 e. The molecule has 1 unspecified atom stereocenters. The van der Waals surface area contributed by atoms with Crippen molar-refractivity contribution in [3.05, 3.63) is 95.1 Å². The number of para-hydroxylation sites is 1. The second-order valence-electron chi connectivity index (χ2n) is 7.76. The molecule has 162 valence electrons. The molecule has 0 aromatic heterocycles. The van der Waals surface area contributed by atoms with Crippen LogP contribution in [-0.4, -0.2) is 20.9 Å². The van der Waals surface area contributed by atoms with E-state index in [1.54, 1.807) is 30.3 Å². The average Bonchev–Trinajstić information content (AvgIpc) is 2.73. The quantitative estimate of drug-likeness (QED) is 0.585. The van der Waals surface area contributed by atoms with Crippen LogP contribution in [0.4, 0.5) is 5.69 Å². The second-order valence-corrected chi connectivity index (χ2v) is 9.62. The van der Waals surface area contributed by atoms with Gasteiger partial charge in [0.15, 0.2) is 0 Å². The largest absolute Gasteiger partial charge is 0.348 e.